The fraction of sp³-hybridized carbons (Fsp3) is 0.550. The van der Waals surface area contributed by atoms with Gasteiger partial charge in [0.25, 0.3) is 0 Å². The number of hydrogen-bond donors (Lipinski definition) is 0. The van der Waals surface area contributed by atoms with Crippen LogP contribution in [-0.4, -0.2) is 65.2 Å². The molecule has 1 aromatic carbocycles. The van der Waals surface area contributed by atoms with Crippen LogP contribution in [0.3, 0.4) is 0 Å². The number of morpholine rings is 1. The van der Waals surface area contributed by atoms with E-state index in [-0.39, 0.29) is 18.4 Å². The fourth-order valence-electron chi connectivity index (χ4n) is 3.71. The molecule has 2 aliphatic heterocycles. The first-order valence-electron chi connectivity index (χ1n) is 9.86. The Hall–Kier alpha value is -2.45. The topological polar surface area (TPSA) is 80.9 Å². The van der Waals surface area contributed by atoms with Gasteiger partial charge in [0.2, 0.25) is 17.6 Å². The summed E-state index contributed by atoms with van der Waals surface area (Å²) in [6, 6.07) is 9.56. The summed E-state index contributed by atoms with van der Waals surface area (Å²) in [6.45, 7) is 5.17. The van der Waals surface area contributed by atoms with Crippen LogP contribution in [0.4, 0.5) is 0 Å². The predicted molar refractivity (Wildman–Crippen MR) is 100 cm³/mol. The van der Waals surface area contributed by atoms with Crippen molar-refractivity contribution in [1.29, 1.82) is 0 Å². The first kappa shape index (κ1) is 18.9. The van der Waals surface area contributed by atoms with E-state index in [0.717, 1.165) is 31.7 Å². The first-order chi connectivity index (χ1) is 13.8. The Balaban J connectivity index is 1.28. The Labute approximate surface area is 164 Å². The van der Waals surface area contributed by atoms with Crippen molar-refractivity contribution in [3.8, 4) is 5.75 Å². The van der Waals surface area contributed by atoms with Crippen LogP contribution in [-0.2, 0) is 22.7 Å². The van der Waals surface area contributed by atoms with Crippen LogP contribution in [0.5, 0.6) is 5.75 Å². The molecule has 1 aromatic heterocycles. The molecule has 0 spiro atoms. The summed E-state index contributed by atoms with van der Waals surface area (Å²) < 4.78 is 16.4. The predicted octanol–water partition coefficient (Wildman–Crippen LogP) is 1.72. The molecule has 2 aromatic rings. The number of benzene rings is 1. The minimum absolute atomic E-state index is 0.0376. The molecule has 2 saturated heterocycles. The quantitative estimate of drug-likeness (QED) is 0.748. The molecule has 1 atom stereocenters. The minimum atomic E-state index is 0.0376. The highest BCUT2D eigenvalue weighted by Crippen LogP contribution is 2.21. The zero-order valence-electron chi connectivity index (χ0n) is 16.0. The van der Waals surface area contributed by atoms with Crippen LogP contribution in [0, 0.1) is 5.92 Å². The molecule has 2 fully saturated rings. The summed E-state index contributed by atoms with van der Waals surface area (Å²) in [5, 5.41) is 4.00. The molecule has 3 heterocycles. The molecule has 1 amide bonds. The lowest BCUT2D eigenvalue weighted by molar-refractivity contribution is -0.141. The SMILES string of the molecule is O=C(C1CCCN(Cc2nc(COc3ccccc3)no2)C1)N1CCOCC1. The van der Waals surface area contributed by atoms with E-state index in [4.69, 9.17) is 14.0 Å². The average Bonchev–Trinajstić information content (AvgIpc) is 3.20. The van der Waals surface area contributed by atoms with Crippen molar-refractivity contribution in [2.24, 2.45) is 5.92 Å². The maximum absolute atomic E-state index is 12.8. The fourth-order valence-corrected chi connectivity index (χ4v) is 3.71. The van der Waals surface area contributed by atoms with Crippen molar-refractivity contribution in [3.63, 3.8) is 0 Å². The molecule has 0 N–H and O–H groups in total. The average molecular weight is 386 g/mol. The van der Waals surface area contributed by atoms with Crippen LogP contribution in [0.25, 0.3) is 0 Å². The third-order valence-corrected chi connectivity index (χ3v) is 5.16. The maximum atomic E-state index is 12.8. The van der Waals surface area contributed by atoms with Crippen molar-refractivity contribution in [3.05, 3.63) is 42.0 Å². The standard InChI is InChI=1S/C20H26N4O4/c25-20(24-9-11-26-12-10-24)16-5-4-8-23(13-16)14-19-21-18(22-28-19)15-27-17-6-2-1-3-7-17/h1-3,6-7,16H,4-5,8-15H2. The Kier molecular flexibility index (Phi) is 6.18. The number of amides is 1. The van der Waals surface area contributed by atoms with Gasteiger partial charge in [-0.2, -0.15) is 4.98 Å². The second-order valence-electron chi connectivity index (χ2n) is 7.22. The van der Waals surface area contributed by atoms with Crippen molar-refractivity contribution >= 4 is 5.91 Å². The molecule has 4 rings (SSSR count). The second kappa shape index (κ2) is 9.16. The monoisotopic (exact) mass is 386 g/mol. The lowest BCUT2D eigenvalue weighted by Crippen LogP contribution is -2.48. The molecular weight excluding hydrogens is 360 g/mol. The zero-order valence-corrected chi connectivity index (χ0v) is 16.0. The van der Waals surface area contributed by atoms with Gasteiger partial charge >= 0.3 is 0 Å². The molecule has 150 valence electrons. The van der Waals surface area contributed by atoms with Gasteiger partial charge in [-0.1, -0.05) is 23.4 Å². The normalized spacial score (nSPS) is 20.9. The number of rotatable bonds is 6. The Morgan fingerprint density at radius 2 is 2.00 bits per heavy atom. The number of hydrogen-bond acceptors (Lipinski definition) is 7. The summed E-state index contributed by atoms with van der Waals surface area (Å²) in [5.41, 5.74) is 0. The Morgan fingerprint density at radius 1 is 1.18 bits per heavy atom. The van der Waals surface area contributed by atoms with Gasteiger partial charge in [-0.15, -0.1) is 0 Å². The number of ether oxygens (including phenoxy) is 2. The van der Waals surface area contributed by atoms with Gasteiger partial charge in [-0.05, 0) is 31.5 Å². The van der Waals surface area contributed by atoms with Crippen molar-refractivity contribution in [1.82, 2.24) is 19.9 Å². The zero-order chi connectivity index (χ0) is 19.2. The van der Waals surface area contributed by atoms with Gasteiger partial charge in [0.05, 0.1) is 25.7 Å². The summed E-state index contributed by atoms with van der Waals surface area (Å²) in [6.07, 6.45) is 1.94. The molecule has 28 heavy (non-hydrogen) atoms. The van der Waals surface area contributed by atoms with Crippen LogP contribution in [0.15, 0.2) is 34.9 Å². The summed E-state index contributed by atoms with van der Waals surface area (Å²) in [4.78, 5) is 21.3. The molecule has 0 aliphatic carbocycles. The van der Waals surface area contributed by atoms with Crippen molar-refractivity contribution < 1.29 is 18.8 Å². The maximum Gasteiger partial charge on any atom is 0.240 e. The Bertz CT molecular complexity index is 761. The highest BCUT2D eigenvalue weighted by molar-refractivity contribution is 5.79. The second-order valence-corrected chi connectivity index (χ2v) is 7.22. The summed E-state index contributed by atoms with van der Waals surface area (Å²) >= 11 is 0. The molecule has 8 heteroatoms. The number of para-hydroxylation sites is 1. The van der Waals surface area contributed by atoms with E-state index in [1.54, 1.807) is 0 Å². The molecular formula is C20H26N4O4. The van der Waals surface area contributed by atoms with Crippen molar-refractivity contribution in [2.45, 2.75) is 26.0 Å². The lowest BCUT2D eigenvalue weighted by Gasteiger charge is -2.35. The molecule has 2 aliphatic rings. The largest absolute Gasteiger partial charge is 0.485 e. The van der Waals surface area contributed by atoms with E-state index in [2.05, 4.69) is 15.0 Å². The Morgan fingerprint density at radius 3 is 2.82 bits per heavy atom. The van der Waals surface area contributed by atoms with E-state index in [0.29, 0.717) is 44.6 Å². The molecule has 0 saturated carbocycles. The number of nitrogens with zero attached hydrogens (tertiary/aromatic N) is 4. The molecule has 0 bridgehead atoms. The number of piperidine rings is 1. The smallest absolute Gasteiger partial charge is 0.240 e. The molecule has 1 unspecified atom stereocenters. The highest BCUT2D eigenvalue weighted by atomic mass is 16.5. The van der Waals surface area contributed by atoms with E-state index in [1.807, 2.05) is 35.2 Å². The van der Waals surface area contributed by atoms with E-state index >= 15 is 0 Å². The van der Waals surface area contributed by atoms with Gasteiger partial charge in [0, 0.05) is 19.6 Å². The third-order valence-electron chi connectivity index (χ3n) is 5.16. The summed E-state index contributed by atoms with van der Waals surface area (Å²) in [7, 11) is 0. The van der Waals surface area contributed by atoms with E-state index in [1.165, 1.54) is 0 Å². The number of aromatic nitrogens is 2. The lowest BCUT2D eigenvalue weighted by atomic mass is 9.96. The highest BCUT2D eigenvalue weighted by Gasteiger charge is 2.30. The molecule has 8 nitrogen and oxygen atoms in total. The minimum Gasteiger partial charge on any atom is -0.485 e. The van der Waals surface area contributed by atoms with Gasteiger partial charge < -0.3 is 18.9 Å². The van der Waals surface area contributed by atoms with Gasteiger partial charge in [0.15, 0.2) is 6.61 Å². The summed E-state index contributed by atoms with van der Waals surface area (Å²) in [5.74, 6) is 2.14. The van der Waals surface area contributed by atoms with Crippen LogP contribution < -0.4 is 4.74 Å². The van der Waals surface area contributed by atoms with Gasteiger partial charge in [-0.3, -0.25) is 9.69 Å². The van der Waals surface area contributed by atoms with Crippen molar-refractivity contribution in [2.75, 3.05) is 39.4 Å². The number of likely N-dealkylation sites (tertiary alicyclic amines) is 1. The number of carbonyl (C=O) groups is 1. The third kappa shape index (κ3) is 4.88. The van der Waals surface area contributed by atoms with Crippen LogP contribution >= 0.6 is 0 Å². The van der Waals surface area contributed by atoms with Crippen LogP contribution in [0.1, 0.15) is 24.6 Å². The van der Waals surface area contributed by atoms with Crippen LogP contribution in [0.2, 0.25) is 0 Å². The van der Waals surface area contributed by atoms with Gasteiger partial charge in [-0.25, -0.2) is 0 Å². The van der Waals surface area contributed by atoms with E-state index in [9.17, 15) is 4.79 Å². The first-order valence-corrected chi connectivity index (χ1v) is 9.86. The van der Waals surface area contributed by atoms with Gasteiger partial charge in [0.1, 0.15) is 5.75 Å². The molecule has 0 radical (unpaired) electrons. The van der Waals surface area contributed by atoms with E-state index < -0.39 is 0 Å². The number of carbonyl (C=O) groups excluding carboxylic acids is 1.